The van der Waals surface area contributed by atoms with E-state index in [0.717, 1.165) is 0 Å². The van der Waals surface area contributed by atoms with Crippen LogP contribution in [0, 0.1) is 0 Å². The van der Waals surface area contributed by atoms with Crippen molar-refractivity contribution in [3.63, 3.8) is 0 Å². The second kappa shape index (κ2) is 9.35. The first kappa shape index (κ1) is 16.5. The highest BCUT2D eigenvalue weighted by molar-refractivity contribution is 5.85. The largest absolute Gasteiger partial charge is 0.484 e. The Bertz CT molecular complexity index is 476. The van der Waals surface area contributed by atoms with Crippen molar-refractivity contribution in [3.05, 3.63) is 30.3 Å². The quantitative estimate of drug-likeness (QED) is 0.563. The summed E-state index contributed by atoms with van der Waals surface area (Å²) in [5.74, 6) is -1.10. The number of nitrogens with one attached hydrogen (secondary N) is 2. The highest BCUT2D eigenvalue weighted by Crippen LogP contribution is 2.07. The van der Waals surface area contributed by atoms with Crippen LogP contribution in [0.4, 0.5) is 0 Å². The van der Waals surface area contributed by atoms with Gasteiger partial charge in [-0.2, -0.15) is 0 Å². The van der Waals surface area contributed by atoms with Crippen molar-refractivity contribution in [2.24, 2.45) is 0 Å². The van der Waals surface area contributed by atoms with Crippen LogP contribution in [0.25, 0.3) is 0 Å². The van der Waals surface area contributed by atoms with E-state index < -0.39 is 11.9 Å². The van der Waals surface area contributed by atoms with Gasteiger partial charge in [0.2, 0.25) is 5.91 Å². The van der Waals surface area contributed by atoms with Crippen LogP contribution in [0.15, 0.2) is 30.3 Å². The van der Waals surface area contributed by atoms with Gasteiger partial charge in [-0.3, -0.25) is 14.4 Å². The maximum Gasteiger partial charge on any atom is 0.303 e. The van der Waals surface area contributed by atoms with Crippen LogP contribution in [0.2, 0.25) is 0 Å². The molecule has 1 aromatic carbocycles. The first-order valence-electron chi connectivity index (χ1n) is 6.51. The second-order valence-electron chi connectivity index (χ2n) is 4.23. The Morgan fingerprint density at radius 3 is 2.43 bits per heavy atom. The second-order valence-corrected chi connectivity index (χ2v) is 4.23. The Morgan fingerprint density at radius 2 is 1.76 bits per heavy atom. The molecule has 0 bridgehead atoms. The summed E-state index contributed by atoms with van der Waals surface area (Å²) in [6, 6.07) is 8.86. The summed E-state index contributed by atoms with van der Waals surface area (Å²) < 4.78 is 5.22. The predicted molar refractivity (Wildman–Crippen MR) is 74.8 cm³/mol. The lowest BCUT2D eigenvalue weighted by atomic mass is 10.3. The summed E-state index contributed by atoms with van der Waals surface area (Å²) in [6.07, 6.45) is 0.351. The number of para-hydroxylation sites is 1. The Kier molecular flexibility index (Phi) is 7.34. The molecule has 0 saturated heterocycles. The van der Waals surface area contributed by atoms with Gasteiger partial charge in [0.05, 0.1) is 6.54 Å². The van der Waals surface area contributed by atoms with Crippen molar-refractivity contribution < 1.29 is 24.2 Å². The number of amides is 2. The first-order valence-corrected chi connectivity index (χ1v) is 6.51. The van der Waals surface area contributed by atoms with Gasteiger partial charge >= 0.3 is 5.97 Å². The summed E-state index contributed by atoms with van der Waals surface area (Å²) >= 11 is 0. The molecule has 1 aromatic rings. The Hall–Kier alpha value is -2.57. The third kappa shape index (κ3) is 8.25. The molecule has 21 heavy (non-hydrogen) atoms. The van der Waals surface area contributed by atoms with E-state index in [0.29, 0.717) is 12.2 Å². The zero-order chi connectivity index (χ0) is 15.5. The lowest BCUT2D eigenvalue weighted by Crippen LogP contribution is -2.39. The molecule has 0 heterocycles. The minimum Gasteiger partial charge on any atom is -0.484 e. The van der Waals surface area contributed by atoms with Gasteiger partial charge in [0.15, 0.2) is 6.61 Å². The number of ether oxygens (including phenoxy) is 1. The van der Waals surface area contributed by atoms with Crippen LogP contribution >= 0.6 is 0 Å². The molecule has 0 fully saturated rings. The number of carboxylic acid groups (broad SMARTS) is 1. The average Bonchev–Trinajstić information content (AvgIpc) is 2.48. The van der Waals surface area contributed by atoms with E-state index >= 15 is 0 Å². The van der Waals surface area contributed by atoms with E-state index in [2.05, 4.69) is 10.6 Å². The number of rotatable bonds is 9. The predicted octanol–water partition coefficient (Wildman–Crippen LogP) is 0.163. The molecular formula is C14H18N2O5. The highest BCUT2D eigenvalue weighted by Gasteiger charge is 2.06. The number of hydrogen-bond donors (Lipinski definition) is 3. The molecule has 0 unspecified atom stereocenters. The first-order chi connectivity index (χ1) is 10.1. The van der Waals surface area contributed by atoms with Crippen LogP contribution in [0.1, 0.15) is 12.8 Å². The van der Waals surface area contributed by atoms with Crippen LogP contribution in [-0.4, -0.2) is 42.6 Å². The van der Waals surface area contributed by atoms with E-state index in [9.17, 15) is 14.4 Å². The number of carbonyl (C=O) groups excluding carboxylic acids is 2. The average molecular weight is 294 g/mol. The zero-order valence-corrected chi connectivity index (χ0v) is 11.5. The fourth-order valence-electron chi connectivity index (χ4n) is 1.43. The minimum atomic E-state index is -0.907. The van der Waals surface area contributed by atoms with E-state index in [1.807, 2.05) is 6.07 Å². The fraction of sp³-hybridized carbons (Fsp3) is 0.357. The smallest absolute Gasteiger partial charge is 0.303 e. The standard InChI is InChI=1S/C14H18N2O5/c17-12(15-8-4-7-14(19)20)9-16-13(18)10-21-11-5-2-1-3-6-11/h1-3,5-6H,4,7-10H2,(H,15,17)(H,16,18)(H,19,20). The van der Waals surface area contributed by atoms with Gasteiger partial charge < -0.3 is 20.5 Å². The SMILES string of the molecule is O=C(O)CCCNC(=O)CNC(=O)COc1ccccc1. The molecule has 0 saturated carbocycles. The molecule has 3 N–H and O–H groups in total. The molecule has 1 rings (SSSR count). The molecule has 0 radical (unpaired) electrons. The van der Waals surface area contributed by atoms with Crippen molar-refractivity contribution >= 4 is 17.8 Å². The highest BCUT2D eigenvalue weighted by atomic mass is 16.5. The summed E-state index contributed by atoms with van der Waals surface area (Å²) in [5, 5.41) is 13.3. The van der Waals surface area contributed by atoms with Crippen molar-refractivity contribution in [1.29, 1.82) is 0 Å². The van der Waals surface area contributed by atoms with Crippen molar-refractivity contribution in [3.8, 4) is 5.75 Å². The molecular weight excluding hydrogens is 276 g/mol. The van der Waals surface area contributed by atoms with E-state index in [1.165, 1.54) is 0 Å². The van der Waals surface area contributed by atoms with Gasteiger partial charge in [0.1, 0.15) is 5.75 Å². The maximum absolute atomic E-state index is 11.4. The molecule has 114 valence electrons. The molecule has 0 aliphatic carbocycles. The molecule has 0 spiro atoms. The van der Waals surface area contributed by atoms with Crippen LogP contribution in [0.3, 0.4) is 0 Å². The Morgan fingerprint density at radius 1 is 1.05 bits per heavy atom. The topological polar surface area (TPSA) is 105 Å². The van der Waals surface area contributed by atoms with Gasteiger partial charge in [0, 0.05) is 13.0 Å². The van der Waals surface area contributed by atoms with Crippen molar-refractivity contribution in [2.45, 2.75) is 12.8 Å². The number of aliphatic carboxylic acids is 1. The number of carbonyl (C=O) groups is 3. The monoisotopic (exact) mass is 294 g/mol. The normalized spacial score (nSPS) is 9.71. The van der Waals surface area contributed by atoms with E-state index in [4.69, 9.17) is 9.84 Å². The van der Waals surface area contributed by atoms with Gasteiger partial charge in [-0.25, -0.2) is 0 Å². The summed E-state index contributed by atoms with van der Waals surface area (Å²) in [6.45, 7) is -0.0676. The molecule has 0 atom stereocenters. The van der Waals surface area contributed by atoms with E-state index in [1.54, 1.807) is 24.3 Å². The fourth-order valence-corrected chi connectivity index (χ4v) is 1.43. The van der Waals surface area contributed by atoms with Crippen LogP contribution < -0.4 is 15.4 Å². The third-order valence-corrected chi connectivity index (χ3v) is 2.45. The number of carboxylic acids is 1. The van der Waals surface area contributed by atoms with Crippen LogP contribution in [0.5, 0.6) is 5.75 Å². The Balaban J connectivity index is 2.09. The lowest BCUT2D eigenvalue weighted by molar-refractivity contribution is -0.137. The molecule has 0 aliphatic rings. The van der Waals surface area contributed by atoms with Gasteiger partial charge in [0.25, 0.3) is 5.91 Å². The summed E-state index contributed by atoms with van der Waals surface area (Å²) in [4.78, 5) is 33.1. The summed E-state index contributed by atoms with van der Waals surface area (Å²) in [5.41, 5.74) is 0. The van der Waals surface area contributed by atoms with Gasteiger partial charge in [-0.05, 0) is 18.6 Å². The van der Waals surface area contributed by atoms with Crippen molar-refractivity contribution in [2.75, 3.05) is 19.7 Å². The molecule has 0 aliphatic heterocycles. The Labute approximate surface area is 122 Å². The molecule has 7 heteroatoms. The maximum atomic E-state index is 11.4. The number of benzene rings is 1. The third-order valence-electron chi connectivity index (χ3n) is 2.45. The van der Waals surface area contributed by atoms with Gasteiger partial charge in [-0.15, -0.1) is 0 Å². The summed E-state index contributed by atoms with van der Waals surface area (Å²) in [7, 11) is 0. The van der Waals surface area contributed by atoms with E-state index in [-0.39, 0.29) is 32.0 Å². The van der Waals surface area contributed by atoms with Crippen molar-refractivity contribution in [1.82, 2.24) is 10.6 Å². The molecule has 2 amide bonds. The van der Waals surface area contributed by atoms with Gasteiger partial charge in [-0.1, -0.05) is 18.2 Å². The van der Waals surface area contributed by atoms with Crippen LogP contribution in [-0.2, 0) is 14.4 Å². The lowest BCUT2D eigenvalue weighted by Gasteiger charge is -2.08. The zero-order valence-electron chi connectivity index (χ0n) is 11.5. The minimum absolute atomic E-state index is 0.00243. The number of hydrogen-bond acceptors (Lipinski definition) is 4. The molecule has 7 nitrogen and oxygen atoms in total. The molecule has 0 aromatic heterocycles.